The Balaban J connectivity index is 2.23. The Morgan fingerprint density at radius 2 is 2.07 bits per heavy atom. The highest BCUT2D eigenvalue weighted by atomic mass is 32.1. The molecule has 0 aliphatic rings. The van der Waals surface area contributed by atoms with E-state index in [0.29, 0.717) is 17.6 Å². The van der Waals surface area contributed by atoms with E-state index in [-0.39, 0.29) is 0 Å². The Bertz CT molecular complexity index is 438. The van der Waals surface area contributed by atoms with Crippen LogP contribution in [-0.4, -0.2) is 16.0 Å². The predicted molar refractivity (Wildman–Crippen MR) is 60.9 cm³/mol. The number of hydrogen-bond acceptors (Lipinski definition) is 5. The van der Waals surface area contributed by atoms with Gasteiger partial charge < -0.3 is 10.5 Å². The molecule has 0 saturated carbocycles. The van der Waals surface area contributed by atoms with Gasteiger partial charge in [0.25, 0.3) is 0 Å². The van der Waals surface area contributed by atoms with Gasteiger partial charge in [0.15, 0.2) is 11.0 Å². The van der Waals surface area contributed by atoms with Crippen LogP contribution in [0.25, 0.3) is 11.4 Å². The van der Waals surface area contributed by atoms with Crippen LogP contribution >= 0.6 is 11.5 Å². The summed E-state index contributed by atoms with van der Waals surface area (Å²) >= 11 is 1.20. The van der Waals surface area contributed by atoms with Crippen molar-refractivity contribution in [1.29, 1.82) is 0 Å². The van der Waals surface area contributed by atoms with E-state index in [0.717, 1.165) is 11.3 Å². The van der Waals surface area contributed by atoms with Gasteiger partial charge in [0.2, 0.25) is 0 Å². The Kier molecular flexibility index (Phi) is 2.82. The molecule has 1 heterocycles. The van der Waals surface area contributed by atoms with Crippen molar-refractivity contribution < 1.29 is 4.74 Å². The second-order valence-electron chi connectivity index (χ2n) is 2.91. The van der Waals surface area contributed by atoms with E-state index in [4.69, 9.17) is 10.5 Å². The number of nitrogens with two attached hydrogens (primary N) is 1. The van der Waals surface area contributed by atoms with Crippen molar-refractivity contribution in [2.24, 2.45) is 0 Å². The van der Waals surface area contributed by atoms with Crippen LogP contribution in [0.1, 0.15) is 6.92 Å². The Morgan fingerprint density at radius 1 is 1.33 bits per heavy atom. The normalized spacial score (nSPS) is 10.2. The van der Waals surface area contributed by atoms with Gasteiger partial charge in [0, 0.05) is 17.1 Å². The first-order valence-corrected chi connectivity index (χ1v) is 5.39. The van der Waals surface area contributed by atoms with Gasteiger partial charge in [0.05, 0.1) is 6.61 Å². The molecule has 0 atom stereocenters. The molecule has 0 aliphatic carbocycles. The molecule has 0 saturated heterocycles. The molecule has 0 fully saturated rings. The van der Waals surface area contributed by atoms with Crippen LogP contribution in [0.15, 0.2) is 24.3 Å². The van der Waals surface area contributed by atoms with Gasteiger partial charge >= 0.3 is 0 Å². The van der Waals surface area contributed by atoms with Gasteiger partial charge in [-0.1, -0.05) is 0 Å². The van der Waals surface area contributed by atoms with Crippen LogP contribution in [-0.2, 0) is 0 Å². The lowest BCUT2D eigenvalue weighted by Crippen LogP contribution is -1.91. The van der Waals surface area contributed by atoms with Crippen molar-refractivity contribution in [3.05, 3.63) is 24.3 Å². The molecule has 2 aromatic rings. The first-order chi connectivity index (χ1) is 7.29. The molecule has 0 radical (unpaired) electrons. The van der Waals surface area contributed by atoms with E-state index < -0.39 is 0 Å². The summed E-state index contributed by atoms with van der Waals surface area (Å²) in [7, 11) is 0. The minimum absolute atomic E-state index is 0.485. The summed E-state index contributed by atoms with van der Waals surface area (Å²) in [6.45, 7) is 2.62. The molecule has 2 N–H and O–H groups in total. The molecule has 1 aromatic carbocycles. The summed E-state index contributed by atoms with van der Waals surface area (Å²) in [5.41, 5.74) is 6.46. The number of nitrogens with zero attached hydrogens (tertiary/aromatic N) is 2. The fourth-order valence-electron chi connectivity index (χ4n) is 1.22. The molecule has 4 nitrogen and oxygen atoms in total. The van der Waals surface area contributed by atoms with Gasteiger partial charge in [-0.3, -0.25) is 0 Å². The summed E-state index contributed by atoms with van der Waals surface area (Å²) in [5.74, 6) is 1.52. The number of rotatable bonds is 3. The molecule has 0 aliphatic heterocycles. The fraction of sp³-hybridized carbons (Fsp3) is 0.200. The second-order valence-corrected chi connectivity index (χ2v) is 3.70. The number of hydrogen-bond donors (Lipinski definition) is 1. The molecule has 0 unspecified atom stereocenters. The lowest BCUT2D eigenvalue weighted by atomic mass is 10.2. The van der Waals surface area contributed by atoms with Crippen molar-refractivity contribution in [2.75, 3.05) is 12.3 Å². The third-order valence-corrected chi connectivity index (χ3v) is 2.41. The molecule has 0 amide bonds. The summed E-state index contributed by atoms with van der Waals surface area (Å²) in [6.07, 6.45) is 0. The molecular weight excluding hydrogens is 210 g/mol. The SMILES string of the molecule is CCOc1ccc(-c2nsc(N)n2)cc1. The zero-order chi connectivity index (χ0) is 10.7. The highest BCUT2D eigenvalue weighted by Gasteiger charge is 2.03. The smallest absolute Gasteiger partial charge is 0.200 e. The third-order valence-electron chi connectivity index (χ3n) is 1.87. The van der Waals surface area contributed by atoms with Gasteiger partial charge in [-0.05, 0) is 31.2 Å². The first kappa shape index (κ1) is 9.92. The lowest BCUT2D eigenvalue weighted by Gasteiger charge is -2.02. The summed E-state index contributed by atoms with van der Waals surface area (Å²) in [4.78, 5) is 4.10. The van der Waals surface area contributed by atoms with Crippen LogP contribution in [0.2, 0.25) is 0 Å². The highest BCUT2D eigenvalue weighted by molar-refractivity contribution is 7.09. The van der Waals surface area contributed by atoms with Crippen molar-refractivity contribution in [2.45, 2.75) is 6.92 Å². The van der Waals surface area contributed by atoms with Crippen LogP contribution in [0.3, 0.4) is 0 Å². The number of ether oxygens (including phenoxy) is 1. The molecular formula is C10H11N3OS. The van der Waals surface area contributed by atoms with E-state index in [2.05, 4.69) is 9.36 Å². The molecule has 78 valence electrons. The summed E-state index contributed by atoms with van der Waals surface area (Å²) < 4.78 is 9.47. The van der Waals surface area contributed by atoms with E-state index >= 15 is 0 Å². The highest BCUT2D eigenvalue weighted by Crippen LogP contribution is 2.21. The standard InChI is InChI=1S/C10H11N3OS/c1-2-14-8-5-3-7(4-6-8)9-12-10(11)15-13-9/h3-6H,2H2,1H3,(H2,11,12,13). The van der Waals surface area contributed by atoms with Crippen molar-refractivity contribution in [3.63, 3.8) is 0 Å². The maximum absolute atomic E-state index is 5.51. The Hall–Kier alpha value is -1.62. The minimum Gasteiger partial charge on any atom is -0.494 e. The maximum atomic E-state index is 5.51. The average Bonchev–Trinajstić information content (AvgIpc) is 2.67. The van der Waals surface area contributed by atoms with Crippen LogP contribution in [0, 0.1) is 0 Å². The average molecular weight is 221 g/mol. The van der Waals surface area contributed by atoms with Crippen molar-refractivity contribution >= 4 is 16.7 Å². The first-order valence-electron chi connectivity index (χ1n) is 4.62. The molecule has 0 bridgehead atoms. The van der Waals surface area contributed by atoms with Gasteiger partial charge in [-0.2, -0.15) is 9.36 Å². The monoisotopic (exact) mass is 221 g/mol. The second kappa shape index (κ2) is 4.27. The largest absolute Gasteiger partial charge is 0.494 e. The molecule has 15 heavy (non-hydrogen) atoms. The van der Waals surface area contributed by atoms with Crippen molar-refractivity contribution in [1.82, 2.24) is 9.36 Å². The van der Waals surface area contributed by atoms with Gasteiger partial charge in [-0.25, -0.2) is 0 Å². The summed E-state index contributed by atoms with van der Waals surface area (Å²) in [6, 6.07) is 7.64. The number of nitrogen functional groups attached to an aromatic ring is 1. The Morgan fingerprint density at radius 3 is 2.60 bits per heavy atom. The Labute approximate surface area is 91.9 Å². The minimum atomic E-state index is 0.485. The van der Waals surface area contributed by atoms with E-state index in [1.165, 1.54) is 11.5 Å². The lowest BCUT2D eigenvalue weighted by molar-refractivity contribution is 0.340. The molecule has 2 rings (SSSR count). The number of benzene rings is 1. The van der Waals surface area contributed by atoms with E-state index in [1.807, 2.05) is 31.2 Å². The summed E-state index contributed by atoms with van der Waals surface area (Å²) in [5, 5.41) is 0.485. The van der Waals surface area contributed by atoms with Crippen LogP contribution in [0.4, 0.5) is 5.13 Å². The van der Waals surface area contributed by atoms with Crippen molar-refractivity contribution in [3.8, 4) is 17.1 Å². The quantitative estimate of drug-likeness (QED) is 0.863. The molecule has 5 heteroatoms. The third kappa shape index (κ3) is 2.24. The van der Waals surface area contributed by atoms with E-state index in [9.17, 15) is 0 Å². The maximum Gasteiger partial charge on any atom is 0.200 e. The molecule has 0 spiro atoms. The predicted octanol–water partition coefficient (Wildman–Crippen LogP) is 2.19. The zero-order valence-corrected chi connectivity index (χ0v) is 9.12. The number of aromatic nitrogens is 2. The van der Waals surface area contributed by atoms with Crippen LogP contribution < -0.4 is 10.5 Å². The number of anilines is 1. The van der Waals surface area contributed by atoms with Gasteiger partial charge in [0.1, 0.15) is 5.75 Å². The molecule has 1 aromatic heterocycles. The van der Waals surface area contributed by atoms with E-state index in [1.54, 1.807) is 0 Å². The van der Waals surface area contributed by atoms with Gasteiger partial charge in [-0.15, -0.1) is 0 Å². The topological polar surface area (TPSA) is 61.0 Å². The zero-order valence-electron chi connectivity index (χ0n) is 8.30. The fourth-order valence-corrected chi connectivity index (χ4v) is 1.67. The van der Waals surface area contributed by atoms with Crippen LogP contribution in [0.5, 0.6) is 5.75 Å².